The molecule has 1 aliphatic carbocycles. The number of alkyl carbamates (subject to hydrolysis) is 1. The van der Waals surface area contributed by atoms with E-state index in [2.05, 4.69) is 16.4 Å². The molecule has 0 saturated heterocycles. The molecule has 1 unspecified atom stereocenters. The number of methoxy groups -OCH3 is 1. The van der Waals surface area contributed by atoms with Crippen molar-refractivity contribution in [2.45, 2.75) is 51.2 Å². The zero-order valence-corrected chi connectivity index (χ0v) is 20.7. The summed E-state index contributed by atoms with van der Waals surface area (Å²) in [6.45, 7) is 0.340. The number of thiophene rings is 1. The molecule has 1 aliphatic rings. The van der Waals surface area contributed by atoms with Crippen LogP contribution in [0.25, 0.3) is 0 Å². The lowest BCUT2D eigenvalue weighted by molar-refractivity contribution is -0.118. The van der Waals surface area contributed by atoms with Crippen molar-refractivity contribution in [3.8, 4) is 11.8 Å². The Morgan fingerprint density at radius 1 is 1.37 bits per heavy atom. The molecule has 0 aliphatic heterocycles. The van der Waals surface area contributed by atoms with Crippen LogP contribution < -0.4 is 10.1 Å². The number of ketones is 1. The minimum atomic E-state index is -0.468. The number of nitriles is 1. The minimum Gasteiger partial charge on any atom is -0.497 e. The molecule has 4 rings (SSSR count). The fraction of sp³-hybridized carbons (Fsp3) is 0.385. The molecule has 1 aromatic carbocycles. The number of aryl methyl sites for hydroxylation is 2. The first-order chi connectivity index (χ1) is 17.0. The number of ether oxygens (including phenoxy) is 2. The molecule has 0 spiro atoms. The molecule has 2 heterocycles. The van der Waals surface area contributed by atoms with Crippen molar-refractivity contribution in [2.24, 2.45) is 7.05 Å². The van der Waals surface area contributed by atoms with Crippen LogP contribution in [-0.2, 0) is 48.8 Å². The first kappa shape index (κ1) is 24.5. The van der Waals surface area contributed by atoms with Crippen molar-refractivity contribution in [3.63, 3.8) is 0 Å². The van der Waals surface area contributed by atoms with Gasteiger partial charge in [0.15, 0.2) is 0 Å². The number of fused-ring (bicyclic) bond motifs is 1. The monoisotopic (exact) mass is 492 g/mol. The molecule has 2 aromatic heterocycles. The first-order valence-corrected chi connectivity index (χ1v) is 12.4. The molecule has 1 atom stereocenters. The standard InChI is InChI=1S/C26H28N4O4S/c1-30-16-28-14-18(30)15-29-26(32)34-21-8-9-22-23(13-27)24(35-25(22)12-21)11-19(31)7-6-17-4-3-5-20(10-17)33-2/h3-5,10,14,16,21H,6-9,11-12,15H2,1-2H3,(H,29,32). The summed E-state index contributed by atoms with van der Waals surface area (Å²) in [5, 5.41) is 12.5. The van der Waals surface area contributed by atoms with Gasteiger partial charge in [-0.15, -0.1) is 11.3 Å². The molecule has 8 nitrogen and oxygen atoms in total. The first-order valence-electron chi connectivity index (χ1n) is 11.5. The summed E-state index contributed by atoms with van der Waals surface area (Å²) >= 11 is 1.50. The highest BCUT2D eigenvalue weighted by atomic mass is 32.1. The average Bonchev–Trinajstić information content (AvgIpc) is 3.43. The number of Topliss-reactive ketones (excluding diaryl/α,β-unsaturated/α-hetero) is 1. The maximum atomic E-state index is 12.7. The van der Waals surface area contributed by atoms with E-state index in [-0.39, 0.29) is 18.3 Å². The van der Waals surface area contributed by atoms with E-state index in [1.807, 2.05) is 35.9 Å². The maximum absolute atomic E-state index is 12.7. The van der Waals surface area contributed by atoms with Crippen molar-refractivity contribution in [2.75, 3.05) is 7.11 Å². The van der Waals surface area contributed by atoms with Crippen LogP contribution in [0.5, 0.6) is 5.75 Å². The summed E-state index contributed by atoms with van der Waals surface area (Å²) in [6.07, 6.45) is 5.81. The van der Waals surface area contributed by atoms with E-state index in [1.165, 1.54) is 11.3 Å². The van der Waals surface area contributed by atoms with Crippen LogP contribution in [0.3, 0.4) is 0 Å². The number of benzene rings is 1. The molecule has 0 fully saturated rings. The van der Waals surface area contributed by atoms with E-state index in [4.69, 9.17) is 9.47 Å². The van der Waals surface area contributed by atoms with Crippen LogP contribution >= 0.6 is 11.3 Å². The number of hydrogen-bond acceptors (Lipinski definition) is 7. The molecule has 1 amide bonds. The van der Waals surface area contributed by atoms with Gasteiger partial charge in [-0.2, -0.15) is 5.26 Å². The van der Waals surface area contributed by atoms with E-state index in [0.717, 1.165) is 32.3 Å². The van der Waals surface area contributed by atoms with Gasteiger partial charge < -0.3 is 19.4 Å². The second kappa shape index (κ2) is 11.2. The summed E-state index contributed by atoms with van der Waals surface area (Å²) in [5.41, 5.74) is 3.55. The van der Waals surface area contributed by atoms with E-state index in [0.29, 0.717) is 44.2 Å². The Morgan fingerprint density at radius 3 is 2.97 bits per heavy atom. The normalized spacial score (nSPS) is 14.6. The number of carbonyl (C=O) groups is 2. The summed E-state index contributed by atoms with van der Waals surface area (Å²) < 4.78 is 12.7. The van der Waals surface area contributed by atoms with E-state index in [1.54, 1.807) is 19.6 Å². The molecule has 0 radical (unpaired) electrons. The molecule has 0 saturated carbocycles. The summed E-state index contributed by atoms with van der Waals surface area (Å²) in [6, 6.07) is 10.0. The second-order valence-corrected chi connectivity index (χ2v) is 9.79. The Morgan fingerprint density at radius 2 is 2.23 bits per heavy atom. The summed E-state index contributed by atoms with van der Waals surface area (Å²) in [7, 11) is 3.49. The average molecular weight is 493 g/mol. The van der Waals surface area contributed by atoms with Crippen molar-refractivity contribution in [3.05, 3.63) is 68.9 Å². The number of rotatable bonds is 9. The van der Waals surface area contributed by atoms with Crippen LogP contribution in [0.1, 0.15) is 45.0 Å². The number of amides is 1. The van der Waals surface area contributed by atoms with Gasteiger partial charge in [0, 0.05) is 42.3 Å². The van der Waals surface area contributed by atoms with Crippen molar-refractivity contribution >= 4 is 23.2 Å². The molecule has 9 heteroatoms. The SMILES string of the molecule is COc1cccc(CCC(=O)Cc2sc3c(c2C#N)CCC(OC(=O)NCc2cncn2C)C3)c1. The lowest BCUT2D eigenvalue weighted by Gasteiger charge is -2.22. The summed E-state index contributed by atoms with van der Waals surface area (Å²) in [4.78, 5) is 30.9. The lowest BCUT2D eigenvalue weighted by Crippen LogP contribution is -2.32. The third-order valence-corrected chi connectivity index (χ3v) is 7.45. The quantitative estimate of drug-likeness (QED) is 0.486. The van der Waals surface area contributed by atoms with Gasteiger partial charge in [0.05, 0.1) is 31.2 Å². The second-order valence-electron chi connectivity index (χ2n) is 8.60. The molecular formula is C26H28N4O4S. The molecule has 182 valence electrons. The Bertz CT molecular complexity index is 1260. The van der Waals surface area contributed by atoms with Crippen LogP contribution in [0.15, 0.2) is 36.8 Å². The zero-order chi connectivity index (χ0) is 24.8. The predicted molar refractivity (Wildman–Crippen MR) is 131 cm³/mol. The number of imidazole rings is 1. The smallest absolute Gasteiger partial charge is 0.407 e. The molecule has 1 N–H and O–H groups in total. The van der Waals surface area contributed by atoms with Crippen molar-refractivity contribution in [1.82, 2.24) is 14.9 Å². The number of carbonyl (C=O) groups excluding carboxylic acids is 2. The minimum absolute atomic E-state index is 0.102. The maximum Gasteiger partial charge on any atom is 0.407 e. The zero-order valence-electron chi connectivity index (χ0n) is 19.9. The largest absolute Gasteiger partial charge is 0.497 e. The molecule has 0 bridgehead atoms. The number of nitrogens with zero attached hydrogens (tertiary/aromatic N) is 3. The van der Waals surface area contributed by atoms with Gasteiger partial charge in [-0.3, -0.25) is 4.79 Å². The highest BCUT2D eigenvalue weighted by Crippen LogP contribution is 2.35. The number of hydrogen-bond donors (Lipinski definition) is 1. The topological polar surface area (TPSA) is 106 Å². The van der Waals surface area contributed by atoms with Crippen LogP contribution in [0.4, 0.5) is 4.79 Å². The van der Waals surface area contributed by atoms with Crippen LogP contribution in [0, 0.1) is 11.3 Å². The molecule has 35 heavy (non-hydrogen) atoms. The third-order valence-electron chi connectivity index (χ3n) is 6.19. The van der Waals surface area contributed by atoms with Crippen LogP contribution in [0.2, 0.25) is 0 Å². The van der Waals surface area contributed by atoms with Gasteiger partial charge in [0.1, 0.15) is 23.7 Å². The fourth-order valence-corrected chi connectivity index (χ4v) is 5.66. The highest BCUT2D eigenvalue weighted by Gasteiger charge is 2.28. The van der Waals surface area contributed by atoms with Gasteiger partial charge in [-0.25, -0.2) is 9.78 Å². The van der Waals surface area contributed by atoms with Crippen molar-refractivity contribution < 1.29 is 19.1 Å². The lowest BCUT2D eigenvalue weighted by atomic mass is 9.92. The summed E-state index contributed by atoms with van der Waals surface area (Å²) in [5.74, 6) is 0.875. The molecule has 3 aromatic rings. The Hall–Kier alpha value is -3.64. The van der Waals surface area contributed by atoms with E-state index in [9.17, 15) is 14.9 Å². The van der Waals surface area contributed by atoms with E-state index < -0.39 is 6.09 Å². The number of aromatic nitrogens is 2. The van der Waals surface area contributed by atoms with Gasteiger partial charge in [0.25, 0.3) is 0 Å². The van der Waals surface area contributed by atoms with Crippen LogP contribution in [-0.4, -0.2) is 34.6 Å². The van der Waals surface area contributed by atoms with Crippen molar-refractivity contribution in [1.29, 1.82) is 5.26 Å². The van der Waals surface area contributed by atoms with Gasteiger partial charge >= 0.3 is 6.09 Å². The van der Waals surface area contributed by atoms with Gasteiger partial charge in [-0.05, 0) is 42.5 Å². The third kappa shape index (κ3) is 6.08. The number of nitrogens with one attached hydrogen (secondary N) is 1. The predicted octanol–water partition coefficient (Wildman–Crippen LogP) is 3.89. The van der Waals surface area contributed by atoms with Gasteiger partial charge in [0.2, 0.25) is 0 Å². The fourth-order valence-electron chi connectivity index (χ4n) is 4.26. The Balaban J connectivity index is 1.32. The molecular weight excluding hydrogens is 464 g/mol. The highest BCUT2D eigenvalue weighted by molar-refractivity contribution is 7.12. The Kier molecular flexibility index (Phi) is 7.83. The Labute approximate surface area is 208 Å². The van der Waals surface area contributed by atoms with Gasteiger partial charge in [-0.1, -0.05) is 12.1 Å². The van der Waals surface area contributed by atoms with E-state index >= 15 is 0 Å².